The van der Waals surface area contributed by atoms with Crippen LogP contribution in [0, 0.1) is 46.3 Å². The van der Waals surface area contributed by atoms with Gasteiger partial charge in [-0.1, -0.05) is 65.5 Å². The molecule has 190 valence electrons. The van der Waals surface area contributed by atoms with Crippen LogP contribution in [-0.2, 0) is 0 Å². The van der Waals surface area contributed by atoms with E-state index in [1.165, 1.54) is 70.6 Å². The third kappa shape index (κ3) is 5.13. The second-order valence-electron chi connectivity index (χ2n) is 13.6. The molecule has 4 aliphatic rings. The predicted octanol–water partition coefficient (Wildman–Crippen LogP) is 7.76. The van der Waals surface area contributed by atoms with E-state index in [1.807, 2.05) is 0 Å². The molecule has 0 aromatic rings. The van der Waals surface area contributed by atoms with Crippen molar-refractivity contribution in [1.82, 2.24) is 5.32 Å². The van der Waals surface area contributed by atoms with Gasteiger partial charge in [0.25, 0.3) is 0 Å². The molecule has 0 spiro atoms. The van der Waals surface area contributed by atoms with Crippen LogP contribution in [0.5, 0.6) is 0 Å². The Morgan fingerprint density at radius 2 is 1.76 bits per heavy atom. The van der Waals surface area contributed by atoms with E-state index in [1.54, 1.807) is 5.57 Å². The first-order valence-corrected chi connectivity index (χ1v) is 14.8. The molecule has 3 saturated carbocycles. The molecule has 0 amide bonds. The van der Waals surface area contributed by atoms with Crippen LogP contribution in [0.15, 0.2) is 11.6 Å². The van der Waals surface area contributed by atoms with Crippen molar-refractivity contribution < 1.29 is 5.11 Å². The Kier molecular flexibility index (Phi) is 8.37. The smallest absolute Gasteiger partial charge is 0.0431 e. The second kappa shape index (κ2) is 10.7. The molecular formula is C31H55NO. The zero-order valence-corrected chi connectivity index (χ0v) is 22.7. The van der Waals surface area contributed by atoms with Gasteiger partial charge in [0.05, 0.1) is 0 Å². The molecule has 0 unspecified atom stereocenters. The summed E-state index contributed by atoms with van der Waals surface area (Å²) in [7, 11) is 0. The maximum Gasteiger partial charge on any atom is 0.0431 e. The summed E-state index contributed by atoms with van der Waals surface area (Å²) in [5.41, 5.74) is 2.88. The van der Waals surface area contributed by atoms with E-state index in [0.717, 1.165) is 54.9 Å². The third-order valence-electron chi connectivity index (χ3n) is 11.3. The largest absolute Gasteiger partial charge is 0.396 e. The molecule has 2 nitrogen and oxygen atoms in total. The Hall–Kier alpha value is -0.340. The highest BCUT2D eigenvalue weighted by Gasteiger charge is 2.59. The molecule has 4 aliphatic carbocycles. The van der Waals surface area contributed by atoms with Gasteiger partial charge >= 0.3 is 0 Å². The third-order valence-corrected chi connectivity index (χ3v) is 11.3. The summed E-state index contributed by atoms with van der Waals surface area (Å²) >= 11 is 0. The van der Waals surface area contributed by atoms with E-state index >= 15 is 0 Å². The lowest BCUT2D eigenvalue weighted by molar-refractivity contribution is -0.0599. The number of aliphatic hydroxyl groups is 1. The molecule has 2 heteroatoms. The molecule has 0 saturated heterocycles. The number of rotatable bonds is 10. The highest BCUT2D eigenvalue weighted by molar-refractivity contribution is 5.26. The Morgan fingerprint density at radius 3 is 2.52 bits per heavy atom. The number of allylic oxidation sites excluding steroid dienone is 1. The van der Waals surface area contributed by atoms with Crippen LogP contribution in [-0.4, -0.2) is 24.3 Å². The van der Waals surface area contributed by atoms with E-state index < -0.39 is 0 Å². The van der Waals surface area contributed by atoms with Crippen molar-refractivity contribution >= 4 is 0 Å². The molecule has 0 aromatic heterocycles. The van der Waals surface area contributed by atoms with Gasteiger partial charge in [-0.3, -0.25) is 0 Å². The van der Waals surface area contributed by atoms with Gasteiger partial charge in [-0.05, 0) is 117 Å². The normalized spacial score (nSPS) is 41.3. The van der Waals surface area contributed by atoms with Crippen LogP contribution >= 0.6 is 0 Å². The van der Waals surface area contributed by atoms with Gasteiger partial charge in [0.15, 0.2) is 0 Å². The van der Waals surface area contributed by atoms with Crippen LogP contribution in [0.1, 0.15) is 118 Å². The van der Waals surface area contributed by atoms with Crippen molar-refractivity contribution in [1.29, 1.82) is 0 Å². The molecular weight excluding hydrogens is 402 g/mol. The van der Waals surface area contributed by atoms with Gasteiger partial charge in [-0.25, -0.2) is 0 Å². The predicted molar refractivity (Wildman–Crippen MR) is 141 cm³/mol. The average Bonchev–Trinajstić information content (AvgIpc) is 3.14. The Labute approximate surface area is 205 Å². The van der Waals surface area contributed by atoms with Crippen molar-refractivity contribution in [3.63, 3.8) is 0 Å². The van der Waals surface area contributed by atoms with Crippen LogP contribution in [0.4, 0.5) is 0 Å². The summed E-state index contributed by atoms with van der Waals surface area (Å²) in [5.74, 6) is 5.64. The van der Waals surface area contributed by atoms with Crippen molar-refractivity contribution in [3.8, 4) is 0 Å². The highest BCUT2D eigenvalue weighted by atomic mass is 16.2. The fourth-order valence-electron chi connectivity index (χ4n) is 9.44. The zero-order valence-electron chi connectivity index (χ0n) is 22.7. The summed E-state index contributed by atoms with van der Waals surface area (Å²) in [5, 5.41) is 12.8. The second-order valence-corrected chi connectivity index (χ2v) is 13.6. The van der Waals surface area contributed by atoms with Gasteiger partial charge in [0, 0.05) is 12.6 Å². The molecule has 4 rings (SSSR count). The van der Waals surface area contributed by atoms with E-state index in [-0.39, 0.29) is 0 Å². The number of unbranched alkanes of at least 4 members (excludes halogenated alkanes) is 1. The summed E-state index contributed by atoms with van der Waals surface area (Å²) in [4.78, 5) is 0. The number of hydrogen-bond acceptors (Lipinski definition) is 2. The van der Waals surface area contributed by atoms with E-state index in [0.29, 0.717) is 23.5 Å². The molecule has 2 N–H and O–H groups in total. The zero-order chi connectivity index (χ0) is 23.6. The SMILES string of the molecule is CC(C)CCC[C@@H](C)[C@H]1CC[C@H]2[C@@H]3CCC4=C[C@@H](NCCCCO)CC[C@]4(C)[C@H]3CC[C@]12C. The summed E-state index contributed by atoms with van der Waals surface area (Å²) in [6.07, 6.45) is 20.5. The number of hydrogen-bond donors (Lipinski definition) is 2. The van der Waals surface area contributed by atoms with Gasteiger partial charge in [-0.2, -0.15) is 0 Å². The van der Waals surface area contributed by atoms with Crippen LogP contribution in [0.3, 0.4) is 0 Å². The molecule has 0 aliphatic heterocycles. The van der Waals surface area contributed by atoms with E-state index in [9.17, 15) is 0 Å². The first kappa shape index (κ1) is 25.7. The maximum absolute atomic E-state index is 9.05. The summed E-state index contributed by atoms with van der Waals surface area (Å²) in [6, 6.07) is 0.569. The standard InChI is InChI=1S/C31H55NO/c1-22(2)9-8-10-23(3)27-13-14-28-26-12-11-24-21-25(32-19-6-7-20-33)15-17-30(24,4)29(26)16-18-31(27,28)5/h21-23,25-29,32-33H,6-20H2,1-5H3/t23-,25+,26+,27-,28+,29+,30+,31-/m1/s1. The fourth-order valence-corrected chi connectivity index (χ4v) is 9.44. The Bertz CT molecular complexity index is 670. The van der Waals surface area contributed by atoms with Gasteiger partial charge in [0.2, 0.25) is 0 Å². The lowest BCUT2D eigenvalue weighted by Gasteiger charge is -2.59. The summed E-state index contributed by atoms with van der Waals surface area (Å²) in [6.45, 7) is 14.1. The first-order chi connectivity index (χ1) is 15.8. The highest BCUT2D eigenvalue weighted by Crippen LogP contribution is 2.67. The topological polar surface area (TPSA) is 32.3 Å². The number of aliphatic hydroxyl groups excluding tert-OH is 1. The number of nitrogens with one attached hydrogen (secondary N) is 1. The molecule has 0 bridgehead atoms. The maximum atomic E-state index is 9.05. The molecule has 3 fully saturated rings. The van der Waals surface area contributed by atoms with E-state index in [2.05, 4.69) is 46.0 Å². The first-order valence-electron chi connectivity index (χ1n) is 14.8. The minimum atomic E-state index is 0.326. The van der Waals surface area contributed by atoms with Crippen molar-refractivity contribution in [2.45, 2.75) is 124 Å². The van der Waals surface area contributed by atoms with Gasteiger partial charge < -0.3 is 10.4 Å². The van der Waals surface area contributed by atoms with Crippen LogP contribution < -0.4 is 5.32 Å². The fraction of sp³-hybridized carbons (Fsp3) is 0.935. The minimum absolute atomic E-state index is 0.326. The monoisotopic (exact) mass is 457 g/mol. The molecule has 8 atom stereocenters. The lowest BCUT2D eigenvalue weighted by atomic mass is 9.46. The minimum Gasteiger partial charge on any atom is -0.396 e. The number of fused-ring (bicyclic) bond motifs is 5. The quantitative estimate of drug-likeness (QED) is 0.259. The van der Waals surface area contributed by atoms with Crippen LogP contribution in [0.25, 0.3) is 0 Å². The molecule has 0 radical (unpaired) electrons. The van der Waals surface area contributed by atoms with Gasteiger partial charge in [0.1, 0.15) is 0 Å². The Balaban J connectivity index is 1.40. The van der Waals surface area contributed by atoms with E-state index in [4.69, 9.17) is 5.11 Å². The molecule has 33 heavy (non-hydrogen) atoms. The Morgan fingerprint density at radius 1 is 0.939 bits per heavy atom. The molecule has 0 heterocycles. The average molecular weight is 458 g/mol. The molecule has 0 aromatic carbocycles. The van der Waals surface area contributed by atoms with Crippen molar-refractivity contribution in [2.24, 2.45) is 46.3 Å². The lowest BCUT2D eigenvalue weighted by Crippen LogP contribution is -2.51. The van der Waals surface area contributed by atoms with Crippen LogP contribution in [0.2, 0.25) is 0 Å². The van der Waals surface area contributed by atoms with Crippen molar-refractivity contribution in [2.75, 3.05) is 13.2 Å². The van der Waals surface area contributed by atoms with Crippen molar-refractivity contribution in [3.05, 3.63) is 11.6 Å². The summed E-state index contributed by atoms with van der Waals surface area (Å²) < 4.78 is 0. The van der Waals surface area contributed by atoms with Gasteiger partial charge in [-0.15, -0.1) is 0 Å².